The van der Waals surface area contributed by atoms with Crippen molar-refractivity contribution in [1.29, 1.82) is 0 Å². The average molecular weight is 797 g/mol. The van der Waals surface area contributed by atoms with Gasteiger partial charge in [0.25, 0.3) is 0 Å². The van der Waals surface area contributed by atoms with E-state index in [1.54, 1.807) is 28.7 Å². The molecule has 1 aromatic carbocycles. The third-order valence-electron chi connectivity index (χ3n) is 10.1. The van der Waals surface area contributed by atoms with E-state index in [9.17, 15) is 17.8 Å². The van der Waals surface area contributed by atoms with Gasteiger partial charge in [-0.1, -0.05) is 110 Å². The number of ether oxygens (including phenoxy) is 3. The van der Waals surface area contributed by atoms with Crippen LogP contribution in [0.5, 0.6) is 17.2 Å². The van der Waals surface area contributed by atoms with Crippen molar-refractivity contribution in [2.75, 3.05) is 13.2 Å². The summed E-state index contributed by atoms with van der Waals surface area (Å²) < 4.78 is 54.6. The Bertz CT molecular complexity index is 1650. The van der Waals surface area contributed by atoms with Gasteiger partial charge in [0.1, 0.15) is 29.1 Å². The van der Waals surface area contributed by atoms with Crippen LogP contribution in [0, 0.1) is 13.8 Å². The number of esters is 1. The van der Waals surface area contributed by atoms with Gasteiger partial charge in [-0.25, -0.2) is 8.42 Å². The zero-order chi connectivity index (χ0) is 37.3. The largest absolute Gasteiger partial charge is 1.00 e. The van der Waals surface area contributed by atoms with Crippen molar-refractivity contribution in [3.63, 3.8) is 0 Å². The maximum absolute atomic E-state index is 14.1. The first-order chi connectivity index (χ1) is 25.1. The molecule has 290 valence electrons. The van der Waals surface area contributed by atoms with Crippen molar-refractivity contribution in [2.24, 2.45) is 0 Å². The van der Waals surface area contributed by atoms with Crippen molar-refractivity contribution in [2.45, 2.75) is 167 Å². The van der Waals surface area contributed by atoms with Gasteiger partial charge in [0, 0.05) is 21.1 Å². The fourth-order valence-electron chi connectivity index (χ4n) is 7.07. The molecule has 3 heterocycles. The van der Waals surface area contributed by atoms with Gasteiger partial charge >= 0.3 is 35.5 Å². The maximum atomic E-state index is 14.1. The smallest absolute Gasteiger partial charge is 0.744 e. The number of rotatable bonds is 25. The van der Waals surface area contributed by atoms with Crippen LogP contribution in [0.2, 0.25) is 0 Å². The number of thiophene rings is 2. The molecule has 0 saturated carbocycles. The van der Waals surface area contributed by atoms with Crippen molar-refractivity contribution >= 4 is 38.8 Å². The van der Waals surface area contributed by atoms with Gasteiger partial charge in [-0.2, -0.15) is 0 Å². The maximum Gasteiger partial charge on any atom is 1.00 e. The Hall–Kier alpha value is -1.40. The van der Waals surface area contributed by atoms with Crippen LogP contribution in [0.1, 0.15) is 160 Å². The second-order valence-corrected chi connectivity index (χ2v) is 18.3. The molecule has 0 bridgehead atoms. The van der Waals surface area contributed by atoms with Crippen LogP contribution in [0.4, 0.5) is 0 Å². The zero-order valence-electron chi connectivity index (χ0n) is 33.0. The first kappa shape index (κ1) is 46.0. The van der Waals surface area contributed by atoms with Gasteiger partial charge in [0.15, 0.2) is 11.5 Å². The summed E-state index contributed by atoms with van der Waals surface area (Å²) in [6, 6.07) is 6.47. The number of carbonyl (C=O) groups is 1. The molecule has 1 aliphatic heterocycles. The molecule has 2 aromatic heterocycles. The first-order valence-electron chi connectivity index (χ1n) is 19.9. The van der Waals surface area contributed by atoms with Crippen LogP contribution in [-0.2, 0) is 34.2 Å². The molecule has 0 spiro atoms. The van der Waals surface area contributed by atoms with Crippen LogP contribution in [0.15, 0.2) is 29.2 Å². The summed E-state index contributed by atoms with van der Waals surface area (Å²) in [6.45, 7) is 9.53. The predicted octanol–water partition coefficient (Wildman–Crippen LogP) is 8.79. The molecule has 7 nitrogen and oxygen atoms in total. The Morgan fingerprint density at radius 3 is 1.85 bits per heavy atom. The van der Waals surface area contributed by atoms with E-state index in [2.05, 4.69) is 26.8 Å². The molecule has 1 aliphatic rings. The number of benzene rings is 1. The SMILES string of the molecule is CCCCCCCCCCCCCCCc1cc(OC(=O)C(Cc2sc(C)c3c2OCCO3)c2cc(CCCCCC)c(C)s2)ccc1S(=O)(=O)[O-].[Na+]. The Morgan fingerprint density at radius 1 is 0.736 bits per heavy atom. The molecule has 3 aromatic rings. The molecule has 4 rings (SSSR count). The Labute approximate surface area is 350 Å². The number of fused-ring (bicyclic) bond motifs is 1. The van der Waals surface area contributed by atoms with Crippen molar-refractivity contribution < 1.29 is 61.5 Å². The Balaban J connectivity index is 0.00000756. The number of aryl methyl sites for hydroxylation is 4. The summed E-state index contributed by atoms with van der Waals surface area (Å²) in [5, 5.41) is 0. The third-order valence-corrected chi connectivity index (χ3v) is 13.3. The van der Waals surface area contributed by atoms with E-state index in [0.29, 0.717) is 37.4 Å². The first-order valence-corrected chi connectivity index (χ1v) is 22.9. The second kappa shape index (κ2) is 24.3. The van der Waals surface area contributed by atoms with E-state index in [4.69, 9.17) is 14.2 Å². The van der Waals surface area contributed by atoms with E-state index < -0.39 is 22.0 Å². The molecule has 0 aliphatic carbocycles. The molecule has 53 heavy (non-hydrogen) atoms. The summed E-state index contributed by atoms with van der Waals surface area (Å²) in [5.41, 5.74) is 1.68. The van der Waals surface area contributed by atoms with E-state index >= 15 is 0 Å². The fourth-order valence-corrected chi connectivity index (χ4v) is 10.1. The number of unbranched alkanes of at least 4 members (excludes halogenated alkanes) is 15. The number of carbonyl (C=O) groups excluding carboxylic acids is 1. The molecule has 0 radical (unpaired) electrons. The van der Waals surface area contributed by atoms with Gasteiger partial charge in [-0.05, 0) is 74.9 Å². The van der Waals surface area contributed by atoms with Crippen LogP contribution >= 0.6 is 22.7 Å². The average Bonchev–Trinajstić information content (AvgIpc) is 3.65. The normalized spacial score (nSPS) is 13.2. The molecular formula is C42H61NaO7S3. The van der Waals surface area contributed by atoms with Gasteiger partial charge in [-0.15, -0.1) is 22.7 Å². The minimum Gasteiger partial charge on any atom is -0.744 e. The monoisotopic (exact) mass is 796 g/mol. The summed E-state index contributed by atoms with van der Waals surface area (Å²) >= 11 is 3.22. The van der Waals surface area contributed by atoms with Crippen LogP contribution in [0.3, 0.4) is 0 Å². The number of hydrogen-bond donors (Lipinski definition) is 0. The number of hydrogen-bond acceptors (Lipinski definition) is 9. The van der Waals surface area contributed by atoms with E-state index in [1.165, 1.54) is 99.6 Å². The van der Waals surface area contributed by atoms with Gasteiger partial charge in [0.05, 0.1) is 15.7 Å². The summed E-state index contributed by atoms with van der Waals surface area (Å²) in [5.74, 6) is 0.714. The van der Waals surface area contributed by atoms with Gasteiger partial charge in [0.2, 0.25) is 0 Å². The minimum absolute atomic E-state index is 0. The van der Waals surface area contributed by atoms with E-state index in [0.717, 1.165) is 58.9 Å². The summed E-state index contributed by atoms with van der Waals surface area (Å²) in [6.07, 6.45) is 22.2. The van der Waals surface area contributed by atoms with Crippen LogP contribution in [0.25, 0.3) is 0 Å². The molecule has 0 saturated heterocycles. The van der Waals surface area contributed by atoms with Crippen molar-refractivity contribution in [3.8, 4) is 17.2 Å². The molecule has 1 unspecified atom stereocenters. The zero-order valence-corrected chi connectivity index (χ0v) is 37.5. The molecule has 11 heteroatoms. The second-order valence-electron chi connectivity index (χ2n) is 14.4. The molecular weight excluding hydrogens is 736 g/mol. The van der Waals surface area contributed by atoms with Gasteiger partial charge < -0.3 is 18.8 Å². The van der Waals surface area contributed by atoms with Crippen LogP contribution in [-0.4, -0.2) is 32.2 Å². The molecule has 0 amide bonds. The summed E-state index contributed by atoms with van der Waals surface area (Å²) in [7, 11) is -4.68. The Morgan fingerprint density at radius 2 is 1.26 bits per heavy atom. The fraction of sp³-hybridized carbons (Fsp3) is 0.643. The predicted molar refractivity (Wildman–Crippen MR) is 213 cm³/mol. The van der Waals surface area contributed by atoms with Gasteiger partial charge in [-0.3, -0.25) is 4.79 Å². The standard InChI is InChI=1S/C42H62O7S3.Na/c1-5-7-9-11-12-13-14-15-16-17-18-19-21-23-34-28-35(24-25-39(34)52(44,45)46)49-42(43)36(30-38-41-40(32(4)51-38)47-26-27-48-41)37-29-33(31(3)50-37)22-20-10-8-6-2;/h24-25,28-29,36H,5-23,26-27,30H2,1-4H3,(H,44,45,46);/q;+1/p-1. The van der Waals surface area contributed by atoms with Crippen molar-refractivity contribution in [1.82, 2.24) is 0 Å². The molecule has 0 N–H and O–H groups in total. The minimum atomic E-state index is -4.68. The van der Waals surface area contributed by atoms with E-state index in [1.807, 2.05) is 6.92 Å². The quantitative estimate of drug-likeness (QED) is 0.0278. The van der Waals surface area contributed by atoms with Crippen molar-refractivity contribution in [3.05, 3.63) is 54.9 Å². The Kier molecular flexibility index (Phi) is 21.1. The molecule has 0 fully saturated rings. The topological polar surface area (TPSA) is 102 Å². The molecule has 1 atom stereocenters. The van der Waals surface area contributed by atoms with E-state index in [-0.39, 0.29) is 40.2 Å². The third kappa shape index (κ3) is 14.9. The van der Waals surface area contributed by atoms with Crippen LogP contribution < -0.4 is 43.8 Å². The summed E-state index contributed by atoms with van der Waals surface area (Å²) in [4.78, 5) is 18.0.